The van der Waals surface area contributed by atoms with Crippen LogP contribution in [0.5, 0.6) is 5.75 Å². The van der Waals surface area contributed by atoms with E-state index in [1.807, 2.05) is 0 Å². The molecule has 24 heavy (non-hydrogen) atoms. The van der Waals surface area contributed by atoms with Crippen molar-refractivity contribution in [2.75, 3.05) is 5.32 Å². The number of thiocarbonyl (C=S) groups is 1. The summed E-state index contributed by atoms with van der Waals surface area (Å²) in [6.07, 6.45) is 0. The number of rotatable bonds is 2. The Morgan fingerprint density at radius 3 is 2.83 bits per heavy atom. The topological polar surface area (TPSA) is 87.4 Å². The second-order valence-electron chi connectivity index (χ2n) is 5.00. The van der Waals surface area contributed by atoms with Crippen LogP contribution in [0.4, 0.5) is 5.69 Å². The second kappa shape index (κ2) is 6.46. The van der Waals surface area contributed by atoms with Crippen molar-refractivity contribution in [1.82, 2.24) is 10.3 Å². The summed E-state index contributed by atoms with van der Waals surface area (Å²) in [5, 5.41) is 16.1. The highest BCUT2D eigenvalue weighted by Gasteiger charge is 2.14. The van der Waals surface area contributed by atoms with E-state index in [0.29, 0.717) is 27.4 Å². The van der Waals surface area contributed by atoms with Gasteiger partial charge in [-0.1, -0.05) is 11.6 Å². The average molecular weight is 362 g/mol. The number of oxazole rings is 1. The molecule has 3 aromatic rings. The molecule has 0 aliphatic rings. The van der Waals surface area contributed by atoms with Crippen LogP contribution < -0.4 is 10.6 Å². The maximum atomic E-state index is 11.0. The Hall–Kier alpha value is -2.64. The Morgan fingerprint density at radius 2 is 2.08 bits per heavy atom. The molecule has 0 unspecified atom stereocenters. The smallest absolute Gasteiger partial charge is 0.231 e. The number of aromatic nitrogens is 1. The number of hydrogen-bond acceptors (Lipinski definition) is 5. The van der Waals surface area contributed by atoms with Crippen molar-refractivity contribution >= 4 is 51.6 Å². The number of nitrogens with zero attached hydrogens (tertiary/aromatic N) is 1. The van der Waals surface area contributed by atoms with E-state index in [1.54, 1.807) is 30.3 Å². The number of phenolic OH excluding ortho intramolecular Hbond substituents is 1. The van der Waals surface area contributed by atoms with Crippen molar-refractivity contribution in [2.24, 2.45) is 0 Å². The molecule has 0 saturated carbocycles. The molecule has 0 fully saturated rings. The van der Waals surface area contributed by atoms with E-state index >= 15 is 0 Å². The minimum absolute atomic E-state index is 0.00338. The zero-order valence-electron chi connectivity index (χ0n) is 12.5. The molecule has 0 aliphatic carbocycles. The van der Waals surface area contributed by atoms with Crippen LogP contribution in [0.15, 0.2) is 40.8 Å². The highest BCUT2D eigenvalue weighted by molar-refractivity contribution is 7.80. The minimum atomic E-state index is -0.276. The fourth-order valence-corrected chi connectivity index (χ4v) is 2.55. The first-order valence-electron chi connectivity index (χ1n) is 6.90. The first-order chi connectivity index (χ1) is 11.4. The van der Waals surface area contributed by atoms with Crippen LogP contribution in [0, 0.1) is 0 Å². The van der Waals surface area contributed by atoms with Crippen LogP contribution in [-0.2, 0) is 4.79 Å². The van der Waals surface area contributed by atoms with Crippen LogP contribution in [0.1, 0.15) is 6.92 Å². The number of hydrogen-bond donors (Lipinski definition) is 3. The van der Waals surface area contributed by atoms with E-state index in [-0.39, 0.29) is 22.7 Å². The van der Waals surface area contributed by atoms with E-state index in [1.165, 1.54) is 13.0 Å². The van der Waals surface area contributed by atoms with E-state index in [0.717, 1.165) is 0 Å². The van der Waals surface area contributed by atoms with Gasteiger partial charge < -0.3 is 20.2 Å². The fraction of sp³-hybridized carbons (Fsp3) is 0.0625. The first kappa shape index (κ1) is 16.2. The number of anilines is 1. The third-order valence-corrected chi connectivity index (χ3v) is 3.56. The summed E-state index contributed by atoms with van der Waals surface area (Å²) >= 11 is 11.0. The number of benzene rings is 2. The van der Waals surface area contributed by atoms with Crippen molar-refractivity contribution in [1.29, 1.82) is 0 Å². The summed E-state index contributed by atoms with van der Waals surface area (Å²) < 4.78 is 5.65. The molecular formula is C16H12ClN3O3S. The number of carbonyl (C=O) groups is 1. The van der Waals surface area contributed by atoms with Crippen LogP contribution in [0.2, 0.25) is 5.02 Å². The summed E-state index contributed by atoms with van der Waals surface area (Å²) in [4.78, 5) is 15.3. The first-order valence-corrected chi connectivity index (χ1v) is 7.69. The molecule has 0 bridgehead atoms. The zero-order valence-corrected chi connectivity index (χ0v) is 14.0. The van der Waals surface area contributed by atoms with Crippen molar-refractivity contribution in [2.45, 2.75) is 6.92 Å². The minimum Gasteiger partial charge on any atom is -0.507 e. The van der Waals surface area contributed by atoms with Gasteiger partial charge in [0, 0.05) is 17.6 Å². The number of nitrogens with one attached hydrogen (secondary N) is 2. The lowest BCUT2D eigenvalue weighted by atomic mass is 10.1. The van der Waals surface area contributed by atoms with Crippen LogP contribution in [-0.4, -0.2) is 21.1 Å². The lowest BCUT2D eigenvalue weighted by Crippen LogP contribution is -2.32. The highest BCUT2D eigenvalue weighted by atomic mass is 35.5. The predicted octanol–water partition coefficient (Wildman–Crippen LogP) is 3.69. The van der Waals surface area contributed by atoms with Crippen LogP contribution >= 0.6 is 23.8 Å². The van der Waals surface area contributed by atoms with E-state index in [4.69, 9.17) is 28.2 Å². The molecule has 3 N–H and O–H groups in total. The molecule has 8 heteroatoms. The predicted molar refractivity (Wildman–Crippen MR) is 96.2 cm³/mol. The number of fused-ring (bicyclic) bond motifs is 1. The molecule has 1 amide bonds. The third kappa shape index (κ3) is 3.47. The monoisotopic (exact) mass is 361 g/mol. The number of halogens is 1. The summed E-state index contributed by atoms with van der Waals surface area (Å²) in [6.45, 7) is 1.36. The van der Waals surface area contributed by atoms with Crippen LogP contribution in [0.3, 0.4) is 0 Å². The van der Waals surface area contributed by atoms with Gasteiger partial charge in [-0.25, -0.2) is 4.98 Å². The van der Waals surface area contributed by atoms with Gasteiger partial charge in [-0.2, -0.15) is 0 Å². The highest BCUT2D eigenvalue weighted by Crippen LogP contribution is 2.33. The molecule has 0 aliphatic heterocycles. The molecule has 3 rings (SSSR count). The largest absolute Gasteiger partial charge is 0.507 e. The van der Waals surface area contributed by atoms with Gasteiger partial charge >= 0.3 is 0 Å². The molecule has 1 heterocycles. The molecule has 1 aromatic heterocycles. The lowest BCUT2D eigenvalue weighted by molar-refractivity contribution is -0.117. The van der Waals surface area contributed by atoms with E-state index in [9.17, 15) is 9.90 Å². The Kier molecular flexibility index (Phi) is 4.37. The SMILES string of the molecule is CC(=O)NC(=S)Nc1ccc(O)c(-c2nc3cc(Cl)ccc3o2)c1. The van der Waals surface area contributed by atoms with E-state index in [2.05, 4.69) is 15.6 Å². The fourth-order valence-electron chi connectivity index (χ4n) is 2.12. The molecule has 122 valence electrons. The van der Waals surface area contributed by atoms with Gasteiger partial charge in [-0.05, 0) is 48.6 Å². The Labute approximate surface area is 147 Å². The molecule has 2 aromatic carbocycles. The summed E-state index contributed by atoms with van der Waals surface area (Å²) in [5.74, 6) is -0.0233. The third-order valence-electron chi connectivity index (χ3n) is 3.12. The normalized spacial score (nSPS) is 10.6. The summed E-state index contributed by atoms with van der Waals surface area (Å²) in [6, 6.07) is 9.80. The average Bonchev–Trinajstić information content (AvgIpc) is 2.91. The van der Waals surface area contributed by atoms with Crippen molar-refractivity contribution in [3.8, 4) is 17.2 Å². The van der Waals surface area contributed by atoms with Gasteiger partial charge in [0.05, 0.1) is 5.56 Å². The molecule has 0 atom stereocenters. The second-order valence-corrected chi connectivity index (χ2v) is 5.84. The molecule has 6 nitrogen and oxygen atoms in total. The number of amides is 1. The number of aromatic hydroxyl groups is 1. The molecule has 0 radical (unpaired) electrons. The lowest BCUT2D eigenvalue weighted by Gasteiger charge is -2.09. The molecular weight excluding hydrogens is 350 g/mol. The van der Waals surface area contributed by atoms with Crippen molar-refractivity contribution in [3.05, 3.63) is 41.4 Å². The van der Waals surface area contributed by atoms with Crippen molar-refractivity contribution < 1.29 is 14.3 Å². The quantitative estimate of drug-likeness (QED) is 0.476. The number of carbonyl (C=O) groups excluding carboxylic acids is 1. The zero-order chi connectivity index (χ0) is 17.3. The van der Waals surface area contributed by atoms with Gasteiger partial charge in [0.25, 0.3) is 0 Å². The van der Waals surface area contributed by atoms with Gasteiger partial charge in [0.15, 0.2) is 10.7 Å². The van der Waals surface area contributed by atoms with Crippen LogP contribution in [0.25, 0.3) is 22.6 Å². The standard InChI is InChI=1S/C16H12ClN3O3S/c1-8(21)18-16(24)19-10-3-4-13(22)11(7-10)15-20-12-6-9(17)2-5-14(12)23-15/h2-7,22H,1H3,(H2,18,19,21,24). The van der Waals surface area contributed by atoms with E-state index < -0.39 is 0 Å². The summed E-state index contributed by atoms with van der Waals surface area (Å²) in [5.41, 5.74) is 2.10. The molecule has 0 saturated heterocycles. The Balaban J connectivity index is 1.95. The van der Waals surface area contributed by atoms with Gasteiger partial charge in [-0.15, -0.1) is 0 Å². The Morgan fingerprint density at radius 1 is 1.29 bits per heavy atom. The molecule has 0 spiro atoms. The Bertz CT molecular complexity index is 955. The van der Waals surface area contributed by atoms with Gasteiger partial charge in [-0.3, -0.25) is 4.79 Å². The number of phenols is 1. The maximum absolute atomic E-state index is 11.0. The van der Waals surface area contributed by atoms with Crippen molar-refractivity contribution in [3.63, 3.8) is 0 Å². The van der Waals surface area contributed by atoms with Gasteiger partial charge in [0.1, 0.15) is 11.3 Å². The summed E-state index contributed by atoms with van der Waals surface area (Å²) in [7, 11) is 0. The van der Waals surface area contributed by atoms with Gasteiger partial charge in [0.2, 0.25) is 11.8 Å². The maximum Gasteiger partial charge on any atom is 0.231 e.